The average molecular weight is 345 g/mol. The molecule has 0 radical (unpaired) electrons. The van der Waals surface area contributed by atoms with E-state index in [9.17, 15) is 4.39 Å². The predicted molar refractivity (Wildman–Crippen MR) is 86.5 cm³/mol. The van der Waals surface area contributed by atoms with Gasteiger partial charge in [0.05, 0.1) is 9.99 Å². The van der Waals surface area contributed by atoms with Crippen LogP contribution in [-0.4, -0.2) is 4.98 Å². The zero-order valence-corrected chi connectivity index (χ0v) is 12.8. The van der Waals surface area contributed by atoms with Crippen LogP contribution in [0.2, 0.25) is 0 Å². The second kappa shape index (κ2) is 5.92. The fraction of sp³-hybridized carbons (Fsp3) is 0.118. The summed E-state index contributed by atoms with van der Waals surface area (Å²) >= 11 is 3.21. The van der Waals surface area contributed by atoms with E-state index < -0.39 is 0 Å². The number of halogens is 2. The lowest BCUT2D eigenvalue weighted by atomic mass is 9.96. The van der Waals surface area contributed by atoms with Crippen LogP contribution in [0.15, 0.2) is 59.2 Å². The third kappa shape index (κ3) is 2.96. The normalized spacial score (nSPS) is 12.5. The van der Waals surface area contributed by atoms with Gasteiger partial charge in [-0.05, 0) is 57.7 Å². The second-order valence-electron chi connectivity index (χ2n) is 4.98. The van der Waals surface area contributed by atoms with Gasteiger partial charge < -0.3 is 5.73 Å². The van der Waals surface area contributed by atoms with Crippen LogP contribution in [0.3, 0.4) is 0 Å². The SMILES string of the molecule is NC(Cc1ccc(F)c(Br)c1)c1cccc2ncccc12. The van der Waals surface area contributed by atoms with E-state index in [-0.39, 0.29) is 11.9 Å². The Morgan fingerprint density at radius 1 is 1.14 bits per heavy atom. The highest BCUT2D eigenvalue weighted by molar-refractivity contribution is 9.10. The van der Waals surface area contributed by atoms with E-state index in [1.165, 1.54) is 6.07 Å². The molecule has 0 aliphatic rings. The Morgan fingerprint density at radius 3 is 2.81 bits per heavy atom. The zero-order chi connectivity index (χ0) is 14.8. The molecule has 0 spiro atoms. The lowest BCUT2D eigenvalue weighted by Gasteiger charge is -2.15. The zero-order valence-electron chi connectivity index (χ0n) is 11.3. The second-order valence-corrected chi connectivity index (χ2v) is 5.83. The fourth-order valence-corrected chi connectivity index (χ4v) is 2.91. The third-order valence-corrected chi connectivity index (χ3v) is 4.13. The summed E-state index contributed by atoms with van der Waals surface area (Å²) in [6.07, 6.45) is 2.42. The smallest absolute Gasteiger partial charge is 0.137 e. The summed E-state index contributed by atoms with van der Waals surface area (Å²) in [6.45, 7) is 0. The van der Waals surface area contributed by atoms with Crippen molar-refractivity contribution >= 4 is 26.8 Å². The van der Waals surface area contributed by atoms with Crippen molar-refractivity contribution in [1.82, 2.24) is 4.98 Å². The summed E-state index contributed by atoms with van der Waals surface area (Å²) < 4.78 is 13.7. The lowest BCUT2D eigenvalue weighted by Crippen LogP contribution is -2.14. The molecule has 1 aromatic heterocycles. The minimum atomic E-state index is -0.262. The van der Waals surface area contributed by atoms with E-state index in [1.54, 1.807) is 18.3 Å². The van der Waals surface area contributed by atoms with E-state index in [0.717, 1.165) is 22.0 Å². The number of benzene rings is 2. The third-order valence-electron chi connectivity index (χ3n) is 3.52. The molecule has 1 heterocycles. The molecule has 4 heteroatoms. The fourth-order valence-electron chi connectivity index (χ4n) is 2.48. The molecule has 2 aromatic carbocycles. The Bertz CT molecular complexity index is 783. The van der Waals surface area contributed by atoms with Crippen molar-refractivity contribution in [3.8, 4) is 0 Å². The molecule has 2 nitrogen and oxygen atoms in total. The van der Waals surface area contributed by atoms with Gasteiger partial charge in [0.15, 0.2) is 0 Å². The van der Waals surface area contributed by atoms with Gasteiger partial charge in [0, 0.05) is 17.6 Å². The number of hydrogen-bond donors (Lipinski definition) is 1. The highest BCUT2D eigenvalue weighted by Gasteiger charge is 2.12. The summed E-state index contributed by atoms with van der Waals surface area (Å²) in [7, 11) is 0. The first-order valence-electron chi connectivity index (χ1n) is 6.68. The van der Waals surface area contributed by atoms with Gasteiger partial charge >= 0.3 is 0 Å². The molecule has 106 valence electrons. The maximum absolute atomic E-state index is 13.3. The molecular weight excluding hydrogens is 331 g/mol. The minimum Gasteiger partial charge on any atom is -0.324 e. The summed E-state index contributed by atoms with van der Waals surface area (Å²) in [6, 6.07) is 14.7. The standard InChI is InChI=1S/C17H14BrFN2/c18-14-9-11(6-7-15(14)19)10-16(20)12-3-1-5-17-13(12)4-2-8-21-17/h1-9,16H,10,20H2. The first-order chi connectivity index (χ1) is 10.1. The predicted octanol–water partition coefficient (Wildman–Crippen LogP) is 4.38. The van der Waals surface area contributed by atoms with Gasteiger partial charge in [-0.2, -0.15) is 0 Å². The summed E-state index contributed by atoms with van der Waals surface area (Å²) in [4.78, 5) is 4.34. The molecule has 0 fully saturated rings. The molecule has 0 aliphatic carbocycles. The topological polar surface area (TPSA) is 38.9 Å². The molecule has 0 saturated carbocycles. The van der Waals surface area contributed by atoms with Crippen molar-refractivity contribution in [2.45, 2.75) is 12.5 Å². The number of nitrogens with two attached hydrogens (primary N) is 1. The molecule has 3 rings (SSSR count). The van der Waals surface area contributed by atoms with Gasteiger partial charge in [-0.1, -0.05) is 24.3 Å². The van der Waals surface area contributed by atoms with Crippen molar-refractivity contribution in [3.63, 3.8) is 0 Å². The number of fused-ring (bicyclic) bond motifs is 1. The van der Waals surface area contributed by atoms with Crippen molar-refractivity contribution in [3.05, 3.63) is 76.1 Å². The summed E-state index contributed by atoms with van der Waals surface area (Å²) in [5, 5.41) is 1.06. The van der Waals surface area contributed by atoms with Crippen LogP contribution >= 0.6 is 15.9 Å². The Morgan fingerprint density at radius 2 is 2.00 bits per heavy atom. The quantitative estimate of drug-likeness (QED) is 0.765. The van der Waals surface area contributed by atoms with Crippen molar-refractivity contribution < 1.29 is 4.39 Å². The van der Waals surface area contributed by atoms with Crippen molar-refractivity contribution in [2.75, 3.05) is 0 Å². The number of aromatic nitrogens is 1. The van der Waals surface area contributed by atoms with Crippen LogP contribution in [0, 0.1) is 5.82 Å². The maximum atomic E-state index is 13.3. The molecule has 0 saturated heterocycles. The molecule has 2 N–H and O–H groups in total. The van der Waals surface area contributed by atoms with Crippen LogP contribution in [0.1, 0.15) is 17.2 Å². The molecule has 21 heavy (non-hydrogen) atoms. The van der Waals surface area contributed by atoms with Crippen LogP contribution in [0.4, 0.5) is 4.39 Å². The maximum Gasteiger partial charge on any atom is 0.137 e. The molecule has 1 atom stereocenters. The van der Waals surface area contributed by atoms with Crippen molar-refractivity contribution in [2.24, 2.45) is 5.73 Å². The monoisotopic (exact) mass is 344 g/mol. The first-order valence-corrected chi connectivity index (χ1v) is 7.47. The van der Waals surface area contributed by atoms with E-state index in [2.05, 4.69) is 20.9 Å². The van der Waals surface area contributed by atoms with Gasteiger partial charge in [0.2, 0.25) is 0 Å². The van der Waals surface area contributed by atoms with Gasteiger partial charge in [-0.15, -0.1) is 0 Å². The lowest BCUT2D eigenvalue weighted by molar-refractivity contribution is 0.619. The van der Waals surface area contributed by atoms with Gasteiger partial charge in [-0.3, -0.25) is 4.98 Å². The Labute approximate surface area is 130 Å². The summed E-state index contributed by atoms with van der Waals surface area (Å²) in [5.41, 5.74) is 9.33. The Kier molecular flexibility index (Phi) is 3.99. The van der Waals surface area contributed by atoms with Gasteiger partial charge in [-0.25, -0.2) is 4.39 Å². The molecule has 0 aliphatic heterocycles. The number of hydrogen-bond acceptors (Lipinski definition) is 2. The molecule has 3 aromatic rings. The van der Waals surface area contributed by atoms with E-state index in [4.69, 9.17) is 5.73 Å². The highest BCUT2D eigenvalue weighted by atomic mass is 79.9. The van der Waals surface area contributed by atoms with Crippen molar-refractivity contribution in [1.29, 1.82) is 0 Å². The van der Waals surface area contributed by atoms with Crippen LogP contribution in [0.5, 0.6) is 0 Å². The van der Waals surface area contributed by atoms with Crippen LogP contribution in [-0.2, 0) is 6.42 Å². The van der Waals surface area contributed by atoms with Crippen LogP contribution < -0.4 is 5.73 Å². The highest BCUT2D eigenvalue weighted by Crippen LogP contribution is 2.25. The molecule has 0 amide bonds. The van der Waals surface area contributed by atoms with Gasteiger partial charge in [0.1, 0.15) is 5.82 Å². The number of pyridine rings is 1. The largest absolute Gasteiger partial charge is 0.324 e. The Balaban J connectivity index is 1.93. The first kappa shape index (κ1) is 14.2. The van der Waals surface area contributed by atoms with Crippen LogP contribution in [0.25, 0.3) is 10.9 Å². The molecule has 0 bridgehead atoms. The molecule has 1 unspecified atom stereocenters. The van der Waals surface area contributed by atoms with E-state index in [1.807, 2.05) is 30.3 Å². The van der Waals surface area contributed by atoms with Gasteiger partial charge in [0.25, 0.3) is 0 Å². The minimum absolute atomic E-state index is 0.157. The van der Waals surface area contributed by atoms with E-state index in [0.29, 0.717) is 10.9 Å². The average Bonchev–Trinajstić information content (AvgIpc) is 2.50. The molecular formula is C17H14BrFN2. The number of rotatable bonds is 3. The van der Waals surface area contributed by atoms with E-state index >= 15 is 0 Å². The number of nitrogens with zero attached hydrogens (tertiary/aromatic N) is 1. The summed E-state index contributed by atoms with van der Waals surface area (Å²) in [5.74, 6) is -0.262. The Hall–Kier alpha value is -1.78.